The van der Waals surface area contributed by atoms with Crippen molar-refractivity contribution < 1.29 is 19.4 Å². The van der Waals surface area contributed by atoms with Gasteiger partial charge in [-0.3, -0.25) is 4.79 Å². The van der Waals surface area contributed by atoms with Crippen molar-refractivity contribution >= 4 is 11.9 Å². The molecule has 0 aliphatic carbocycles. The van der Waals surface area contributed by atoms with Gasteiger partial charge in [0.05, 0.1) is 6.54 Å². The number of hydrogen-bond donors (Lipinski definition) is 2. The number of hydrogen-bond acceptors (Lipinski definition) is 3. The van der Waals surface area contributed by atoms with E-state index in [9.17, 15) is 9.59 Å². The van der Waals surface area contributed by atoms with Crippen LogP contribution in [-0.4, -0.2) is 30.1 Å². The normalized spacial score (nSPS) is 9.56. The molecule has 0 radical (unpaired) electrons. The summed E-state index contributed by atoms with van der Waals surface area (Å²) in [6, 6.07) is 7.44. The molecular weight excluding hydrogens is 210 g/mol. The van der Waals surface area contributed by atoms with E-state index >= 15 is 0 Å². The third-order valence-corrected chi connectivity index (χ3v) is 1.87. The van der Waals surface area contributed by atoms with Crippen molar-refractivity contribution in [2.24, 2.45) is 0 Å². The smallest absolute Gasteiger partial charge is 0.394 e. The van der Waals surface area contributed by atoms with Crippen LogP contribution in [0.1, 0.15) is 5.56 Å². The Morgan fingerprint density at radius 3 is 2.50 bits per heavy atom. The molecule has 86 valence electrons. The number of carboxylic acids is 1. The van der Waals surface area contributed by atoms with E-state index < -0.39 is 11.9 Å². The van der Waals surface area contributed by atoms with Gasteiger partial charge in [0, 0.05) is 0 Å². The third kappa shape index (κ3) is 4.00. The number of amides is 1. The first-order chi connectivity index (χ1) is 7.59. The lowest BCUT2D eigenvalue weighted by molar-refractivity contribution is -0.150. The molecule has 1 rings (SSSR count). The van der Waals surface area contributed by atoms with Crippen LogP contribution >= 0.6 is 0 Å². The molecule has 0 heterocycles. The molecule has 0 fully saturated rings. The molecule has 0 saturated carbocycles. The van der Waals surface area contributed by atoms with Crippen molar-refractivity contribution in [2.75, 3.05) is 13.2 Å². The van der Waals surface area contributed by atoms with E-state index in [0.29, 0.717) is 5.75 Å². The maximum atomic E-state index is 10.6. The lowest BCUT2D eigenvalue weighted by atomic mass is 10.2. The van der Waals surface area contributed by atoms with Gasteiger partial charge in [-0.2, -0.15) is 0 Å². The zero-order valence-electron chi connectivity index (χ0n) is 8.90. The molecule has 0 bridgehead atoms. The molecule has 0 saturated heterocycles. The molecule has 2 N–H and O–H groups in total. The van der Waals surface area contributed by atoms with Crippen molar-refractivity contribution in [3.8, 4) is 5.75 Å². The summed E-state index contributed by atoms with van der Waals surface area (Å²) in [6.07, 6.45) is 0. The van der Waals surface area contributed by atoms with Crippen molar-refractivity contribution in [2.45, 2.75) is 6.92 Å². The van der Waals surface area contributed by atoms with Gasteiger partial charge in [0.1, 0.15) is 12.4 Å². The van der Waals surface area contributed by atoms with Crippen LogP contribution in [-0.2, 0) is 9.59 Å². The maximum Gasteiger partial charge on any atom is 0.394 e. The van der Waals surface area contributed by atoms with E-state index in [1.807, 2.05) is 31.2 Å². The van der Waals surface area contributed by atoms with Crippen LogP contribution in [0, 0.1) is 6.92 Å². The molecule has 5 nitrogen and oxygen atoms in total. The minimum atomic E-state index is -1.49. The summed E-state index contributed by atoms with van der Waals surface area (Å²) in [4.78, 5) is 20.8. The van der Waals surface area contributed by atoms with Crippen LogP contribution < -0.4 is 10.1 Å². The van der Waals surface area contributed by atoms with Crippen molar-refractivity contribution in [1.82, 2.24) is 5.32 Å². The Balaban J connectivity index is 2.23. The molecule has 0 aliphatic rings. The molecule has 0 unspecified atom stereocenters. The second-order valence-electron chi connectivity index (χ2n) is 3.22. The van der Waals surface area contributed by atoms with Crippen molar-refractivity contribution in [1.29, 1.82) is 0 Å². The zero-order valence-corrected chi connectivity index (χ0v) is 8.90. The Bertz CT molecular complexity index is 372. The van der Waals surface area contributed by atoms with Gasteiger partial charge in [-0.15, -0.1) is 0 Å². The largest absolute Gasteiger partial charge is 0.492 e. The van der Waals surface area contributed by atoms with Gasteiger partial charge >= 0.3 is 11.9 Å². The van der Waals surface area contributed by atoms with Crippen LogP contribution in [0.2, 0.25) is 0 Å². The lowest BCUT2D eigenvalue weighted by Gasteiger charge is -2.06. The summed E-state index contributed by atoms with van der Waals surface area (Å²) in [7, 11) is 0. The third-order valence-electron chi connectivity index (χ3n) is 1.87. The summed E-state index contributed by atoms with van der Waals surface area (Å²) in [5.41, 5.74) is 1.13. The van der Waals surface area contributed by atoms with E-state index in [1.165, 1.54) is 0 Å². The van der Waals surface area contributed by atoms with Crippen LogP contribution in [0.15, 0.2) is 24.3 Å². The fraction of sp³-hybridized carbons (Fsp3) is 0.273. The summed E-state index contributed by atoms with van der Waals surface area (Å²) in [6.45, 7) is 2.37. The highest BCUT2D eigenvalue weighted by Crippen LogP contribution is 2.10. The second-order valence-corrected chi connectivity index (χ2v) is 3.22. The zero-order chi connectivity index (χ0) is 12.0. The van der Waals surface area contributed by atoms with Gasteiger partial charge in [0.2, 0.25) is 0 Å². The molecule has 1 amide bonds. The number of nitrogens with one attached hydrogen (secondary N) is 1. The van der Waals surface area contributed by atoms with E-state index in [4.69, 9.17) is 9.84 Å². The van der Waals surface area contributed by atoms with Gasteiger partial charge in [-0.25, -0.2) is 4.79 Å². The Kier molecular flexibility index (Phi) is 4.32. The maximum absolute atomic E-state index is 10.6. The molecule has 0 aromatic heterocycles. The van der Waals surface area contributed by atoms with Gasteiger partial charge in [-0.05, 0) is 19.1 Å². The molecule has 16 heavy (non-hydrogen) atoms. The number of aryl methyl sites for hydroxylation is 1. The van der Waals surface area contributed by atoms with Gasteiger partial charge in [-0.1, -0.05) is 17.7 Å². The predicted molar refractivity (Wildman–Crippen MR) is 57.3 cm³/mol. The number of ether oxygens (including phenoxy) is 1. The number of carbonyl (C=O) groups excluding carboxylic acids is 1. The Morgan fingerprint density at radius 2 is 1.94 bits per heavy atom. The quantitative estimate of drug-likeness (QED) is 0.578. The number of carbonyl (C=O) groups is 2. The van der Waals surface area contributed by atoms with Crippen molar-refractivity contribution in [3.05, 3.63) is 29.8 Å². The van der Waals surface area contributed by atoms with Crippen LogP contribution in [0.3, 0.4) is 0 Å². The van der Waals surface area contributed by atoms with E-state index in [2.05, 4.69) is 5.32 Å². The van der Waals surface area contributed by atoms with Crippen molar-refractivity contribution in [3.63, 3.8) is 0 Å². The molecule has 0 aliphatic heterocycles. The van der Waals surface area contributed by atoms with Crippen LogP contribution in [0.5, 0.6) is 5.75 Å². The van der Waals surface area contributed by atoms with Crippen LogP contribution in [0.4, 0.5) is 0 Å². The fourth-order valence-electron chi connectivity index (χ4n) is 1.04. The highest BCUT2D eigenvalue weighted by molar-refractivity contribution is 6.31. The minimum Gasteiger partial charge on any atom is -0.492 e. The molecule has 1 aromatic carbocycles. The first kappa shape index (κ1) is 12.0. The highest BCUT2D eigenvalue weighted by atomic mass is 16.5. The van der Waals surface area contributed by atoms with E-state index in [1.54, 1.807) is 0 Å². The average molecular weight is 223 g/mol. The molecule has 0 atom stereocenters. The minimum absolute atomic E-state index is 0.166. The first-order valence-corrected chi connectivity index (χ1v) is 4.80. The lowest BCUT2D eigenvalue weighted by Crippen LogP contribution is -2.33. The standard InChI is InChI=1S/C11H13NO4/c1-8-2-4-9(5-3-8)16-7-6-12-10(13)11(14)15/h2-5H,6-7H2,1H3,(H,12,13)(H,14,15). The fourth-order valence-corrected chi connectivity index (χ4v) is 1.04. The number of rotatable bonds is 4. The molecule has 5 heteroatoms. The van der Waals surface area contributed by atoms with E-state index in [-0.39, 0.29) is 13.2 Å². The SMILES string of the molecule is Cc1ccc(OCCNC(=O)C(=O)O)cc1. The van der Waals surface area contributed by atoms with Crippen LogP contribution in [0.25, 0.3) is 0 Å². The first-order valence-electron chi connectivity index (χ1n) is 4.80. The highest BCUT2D eigenvalue weighted by Gasteiger charge is 2.08. The summed E-state index contributed by atoms with van der Waals surface area (Å²) < 4.78 is 5.28. The predicted octanol–water partition coefficient (Wildman–Crippen LogP) is 0.575. The average Bonchev–Trinajstić information content (AvgIpc) is 2.26. The number of aliphatic carboxylic acids is 1. The molecular formula is C11H13NO4. The monoisotopic (exact) mass is 223 g/mol. The second kappa shape index (κ2) is 5.75. The molecule has 1 aromatic rings. The summed E-state index contributed by atoms with van der Waals surface area (Å²) in [5.74, 6) is -1.82. The summed E-state index contributed by atoms with van der Waals surface area (Å²) >= 11 is 0. The van der Waals surface area contributed by atoms with Gasteiger partial charge < -0.3 is 15.2 Å². The van der Waals surface area contributed by atoms with E-state index in [0.717, 1.165) is 5.56 Å². The molecule has 0 spiro atoms. The van der Waals surface area contributed by atoms with Gasteiger partial charge in [0.15, 0.2) is 0 Å². The number of benzene rings is 1. The summed E-state index contributed by atoms with van der Waals surface area (Å²) in [5, 5.41) is 10.5. The topological polar surface area (TPSA) is 75.6 Å². The number of carboxylic acid groups (broad SMARTS) is 1. The Morgan fingerprint density at radius 1 is 1.31 bits per heavy atom. The van der Waals surface area contributed by atoms with Gasteiger partial charge in [0.25, 0.3) is 0 Å². The Labute approximate surface area is 93.0 Å². The Hall–Kier alpha value is -2.04.